The molecule has 1 atom stereocenters. The third-order valence-corrected chi connectivity index (χ3v) is 2.67. The quantitative estimate of drug-likeness (QED) is 0.752. The summed E-state index contributed by atoms with van der Waals surface area (Å²) in [5.74, 6) is -0.103. The van der Waals surface area contributed by atoms with E-state index < -0.39 is 0 Å². The number of nitrogen functional groups attached to an aromatic ring is 1. The highest BCUT2D eigenvalue weighted by atomic mass is 16.5. The lowest BCUT2D eigenvalue weighted by Crippen LogP contribution is -2.43. The van der Waals surface area contributed by atoms with Crippen LogP contribution in [0.4, 0.5) is 5.69 Å². The van der Waals surface area contributed by atoms with Crippen LogP contribution in [0.2, 0.25) is 0 Å². The van der Waals surface area contributed by atoms with Crippen molar-refractivity contribution in [3.63, 3.8) is 0 Å². The van der Waals surface area contributed by atoms with E-state index in [1.54, 1.807) is 31.4 Å². The first-order chi connectivity index (χ1) is 8.60. The number of H-pyrrole nitrogens is 1. The number of ether oxygens (including phenoxy) is 2. The molecule has 1 aromatic heterocycles. The number of anilines is 1. The van der Waals surface area contributed by atoms with Crippen LogP contribution in [0.5, 0.6) is 0 Å². The molecule has 0 aliphatic rings. The minimum Gasteiger partial charge on any atom is -0.397 e. The average Bonchev–Trinajstić information content (AvgIpc) is 2.76. The maximum atomic E-state index is 12.3. The Kier molecular flexibility index (Phi) is 5.67. The zero-order chi connectivity index (χ0) is 13.5. The number of rotatable bonds is 7. The van der Waals surface area contributed by atoms with Crippen molar-refractivity contribution in [2.24, 2.45) is 0 Å². The van der Waals surface area contributed by atoms with Crippen molar-refractivity contribution >= 4 is 11.6 Å². The highest BCUT2D eigenvalue weighted by Gasteiger charge is 2.22. The van der Waals surface area contributed by atoms with Gasteiger partial charge in [0.1, 0.15) is 5.69 Å². The van der Waals surface area contributed by atoms with Crippen molar-refractivity contribution in [1.82, 2.24) is 9.88 Å². The fourth-order valence-electron chi connectivity index (χ4n) is 1.73. The minimum atomic E-state index is -0.103. The second-order valence-corrected chi connectivity index (χ2v) is 4.14. The molecule has 102 valence electrons. The Morgan fingerprint density at radius 1 is 1.50 bits per heavy atom. The van der Waals surface area contributed by atoms with Crippen LogP contribution in [-0.4, -0.2) is 55.8 Å². The van der Waals surface area contributed by atoms with Gasteiger partial charge in [-0.05, 0) is 13.0 Å². The second kappa shape index (κ2) is 7.03. The summed E-state index contributed by atoms with van der Waals surface area (Å²) in [4.78, 5) is 16.9. The number of nitrogens with two attached hydrogens (primary N) is 1. The van der Waals surface area contributed by atoms with E-state index in [2.05, 4.69) is 4.98 Å². The number of carbonyl (C=O) groups is 1. The van der Waals surface area contributed by atoms with E-state index in [-0.39, 0.29) is 11.9 Å². The van der Waals surface area contributed by atoms with Gasteiger partial charge in [0, 0.05) is 32.6 Å². The van der Waals surface area contributed by atoms with Gasteiger partial charge < -0.3 is 25.1 Å². The standard InChI is InChI=1S/C12H21N3O3/c1-9(8-18-3)15(4-5-17-2)12(16)11-6-10(13)7-14-11/h6-7,9,14H,4-5,8,13H2,1-3H3. The van der Waals surface area contributed by atoms with Crippen LogP contribution in [0, 0.1) is 0 Å². The van der Waals surface area contributed by atoms with Gasteiger partial charge in [0.2, 0.25) is 0 Å². The van der Waals surface area contributed by atoms with Crippen LogP contribution in [0.1, 0.15) is 17.4 Å². The first-order valence-corrected chi connectivity index (χ1v) is 5.82. The number of aromatic nitrogens is 1. The SMILES string of the molecule is COCCN(C(=O)c1cc(N)c[nH]1)C(C)COC. The molecular weight excluding hydrogens is 234 g/mol. The predicted octanol–water partition coefficient (Wildman–Crippen LogP) is 0.720. The summed E-state index contributed by atoms with van der Waals surface area (Å²) in [6.45, 7) is 3.41. The summed E-state index contributed by atoms with van der Waals surface area (Å²) in [7, 11) is 3.22. The van der Waals surface area contributed by atoms with Crippen LogP contribution in [0.15, 0.2) is 12.3 Å². The fraction of sp³-hybridized carbons (Fsp3) is 0.583. The predicted molar refractivity (Wildman–Crippen MR) is 69.5 cm³/mol. The smallest absolute Gasteiger partial charge is 0.270 e. The van der Waals surface area contributed by atoms with E-state index in [1.807, 2.05) is 6.92 Å². The monoisotopic (exact) mass is 255 g/mol. The summed E-state index contributed by atoms with van der Waals surface area (Å²) in [6, 6.07) is 1.60. The van der Waals surface area contributed by atoms with E-state index in [1.165, 1.54) is 0 Å². The van der Waals surface area contributed by atoms with E-state index >= 15 is 0 Å². The van der Waals surface area contributed by atoms with Gasteiger partial charge in [-0.1, -0.05) is 0 Å². The summed E-state index contributed by atoms with van der Waals surface area (Å²) in [6.07, 6.45) is 1.60. The first-order valence-electron chi connectivity index (χ1n) is 5.82. The highest BCUT2D eigenvalue weighted by Crippen LogP contribution is 2.11. The summed E-state index contributed by atoms with van der Waals surface area (Å²) < 4.78 is 10.1. The lowest BCUT2D eigenvalue weighted by molar-refractivity contribution is 0.0475. The van der Waals surface area contributed by atoms with E-state index in [0.717, 1.165) is 0 Å². The lowest BCUT2D eigenvalue weighted by atomic mass is 10.2. The van der Waals surface area contributed by atoms with E-state index in [4.69, 9.17) is 15.2 Å². The van der Waals surface area contributed by atoms with Gasteiger partial charge in [0.15, 0.2) is 0 Å². The molecule has 3 N–H and O–H groups in total. The van der Waals surface area contributed by atoms with Crippen molar-refractivity contribution < 1.29 is 14.3 Å². The maximum absolute atomic E-state index is 12.3. The number of amides is 1. The molecular formula is C12H21N3O3. The molecule has 0 saturated heterocycles. The summed E-state index contributed by atoms with van der Waals surface area (Å²) >= 11 is 0. The van der Waals surface area contributed by atoms with Crippen molar-refractivity contribution in [1.29, 1.82) is 0 Å². The summed E-state index contributed by atoms with van der Waals surface area (Å²) in [5, 5.41) is 0. The molecule has 1 amide bonds. The Labute approximate surface area is 107 Å². The van der Waals surface area contributed by atoms with E-state index in [9.17, 15) is 4.79 Å². The first kappa shape index (κ1) is 14.5. The van der Waals surface area contributed by atoms with Gasteiger partial charge in [-0.2, -0.15) is 0 Å². The molecule has 6 nitrogen and oxygen atoms in total. The molecule has 0 aliphatic carbocycles. The molecule has 0 fully saturated rings. The van der Waals surface area contributed by atoms with Crippen LogP contribution < -0.4 is 5.73 Å². The van der Waals surface area contributed by atoms with Crippen LogP contribution >= 0.6 is 0 Å². The fourth-order valence-corrected chi connectivity index (χ4v) is 1.73. The molecule has 0 spiro atoms. The number of carbonyl (C=O) groups excluding carboxylic acids is 1. The molecule has 1 unspecified atom stereocenters. The second-order valence-electron chi connectivity index (χ2n) is 4.14. The van der Waals surface area contributed by atoms with Gasteiger partial charge in [0.05, 0.1) is 19.3 Å². The molecule has 18 heavy (non-hydrogen) atoms. The van der Waals surface area contributed by atoms with Gasteiger partial charge in [0.25, 0.3) is 5.91 Å². The van der Waals surface area contributed by atoms with Gasteiger partial charge >= 0.3 is 0 Å². The van der Waals surface area contributed by atoms with Crippen molar-refractivity contribution in [2.45, 2.75) is 13.0 Å². The van der Waals surface area contributed by atoms with Crippen molar-refractivity contribution in [3.8, 4) is 0 Å². The molecule has 0 bridgehead atoms. The average molecular weight is 255 g/mol. The van der Waals surface area contributed by atoms with Crippen LogP contribution in [0.25, 0.3) is 0 Å². The largest absolute Gasteiger partial charge is 0.397 e. The number of hydrogen-bond acceptors (Lipinski definition) is 4. The molecule has 0 aromatic carbocycles. The van der Waals surface area contributed by atoms with Crippen molar-refractivity contribution in [2.75, 3.05) is 39.7 Å². The Morgan fingerprint density at radius 2 is 2.22 bits per heavy atom. The number of nitrogens with one attached hydrogen (secondary N) is 1. The zero-order valence-corrected chi connectivity index (χ0v) is 11.1. The Morgan fingerprint density at radius 3 is 2.72 bits per heavy atom. The normalized spacial score (nSPS) is 12.4. The Bertz CT molecular complexity index is 378. The molecule has 0 saturated carbocycles. The molecule has 6 heteroatoms. The van der Waals surface area contributed by atoms with E-state index in [0.29, 0.717) is 31.1 Å². The number of methoxy groups -OCH3 is 2. The van der Waals surface area contributed by atoms with Gasteiger partial charge in [-0.15, -0.1) is 0 Å². The Balaban J connectivity index is 2.77. The minimum absolute atomic E-state index is 0.0258. The van der Waals surface area contributed by atoms with Crippen molar-refractivity contribution in [3.05, 3.63) is 18.0 Å². The number of nitrogens with zero attached hydrogens (tertiary/aromatic N) is 1. The molecule has 1 aromatic rings. The molecule has 0 aliphatic heterocycles. The summed E-state index contributed by atoms with van der Waals surface area (Å²) in [5.41, 5.74) is 6.62. The Hall–Kier alpha value is -1.53. The maximum Gasteiger partial charge on any atom is 0.270 e. The van der Waals surface area contributed by atoms with Crippen LogP contribution in [-0.2, 0) is 9.47 Å². The van der Waals surface area contributed by atoms with Gasteiger partial charge in [-0.3, -0.25) is 4.79 Å². The lowest BCUT2D eigenvalue weighted by Gasteiger charge is -2.28. The zero-order valence-electron chi connectivity index (χ0n) is 11.1. The highest BCUT2D eigenvalue weighted by molar-refractivity contribution is 5.93. The van der Waals surface area contributed by atoms with Gasteiger partial charge in [-0.25, -0.2) is 0 Å². The molecule has 1 rings (SSSR count). The molecule has 0 radical (unpaired) electrons. The topological polar surface area (TPSA) is 80.6 Å². The number of hydrogen-bond donors (Lipinski definition) is 2. The third-order valence-electron chi connectivity index (χ3n) is 2.67. The number of aromatic amines is 1. The molecule has 1 heterocycles. The third kappa shape index (κ3) is 3.75. The van der Waals surface area contributed by atoms with Crippen LogP contribution in [0.3, 0.4) is 0 Å².